The number of ether oxygens (including phenoxy) is 1. The van der Waals surface area contributed by atoms with Gasteiger partial charge in [-0.1, -0.05) is 35.5 Å². The highest BCUT2D eigenvalue weighted by Gasteiger charge is 2.19. The zero-order valence-corrected chi connectivity index (χ0v) is 13.6. The topological polar surface area (TPSA) is 72.0 Å². The summed E-state index contributed by atoms with van der Waals surface area (Å²) in [6.45, 7) is 0.112. The van der Waals surface area contributed by atoms with Crippen molar-refractivity contribution < 1.29 is 14.4 Å². The predicted octanol–water partition coefficient (Wildman–Crippen LogP) is 3.54. The molecule has 0 saturated carbocycles. The van der Waals surface area contributed by atoms with Crippen LogP contribution in [-0.4, -0.2) is 17.5 Å². The monoisotopic (exact) mass is 335 g/mol. The Morgan fingerprint density at radius 2 is 1.92 bits per heavy atom. The first kappa shape index (κ1) is 15.4. The number of hydrogen-bond donors (Lipinski definition) is 1. The van der Waals surface area contributed by atoms with Gasteiger partial charge >= 0.3 is 5.63 Å². The summed E-state index contributed by atoms with van der Waals surface area (Å²) >= 11 is 0. The Balaban J connectivity index is 1.60. The molecule has 1 N–H and O–H groups in total. The lowest BCUT2D eigenvalue weighted by molar-refractivity contribution is 0.308. The largest absolute Gasteiger partial charge is 0.487 e. The molecule has 1 aliphatic carbocycles. The van der Waals surface area contributed by atoms with Crippen LogP contribution in [-0.2, 0) is 12.8 Å². The molecule has 0 unspecified atom stereocenters. The lowest BCUT2D eigenvalue weighted by Gasteiger charge is -2.09. The SMILES string of the molecule is O=c1oc2cc(OCC(=NO)c3ccccc3)ccc2c2c1CCC2. The minimum atomic E-state index is -0.251. The highest BCUT2D eigenvalue weighted by atomic mass is 16.5. The van der Waals surface area contributed by atoms with Crippen molar-refractivity contribution in [1.82, 2.24) is 0 Å². The second-order valence-electron chi connectivity index (χ2n) is 6.06. The van der Waals surface area contributed by atoms with Gasteiger partial charge in [-0.3, -0.25) is 0 Å². The molecule has 4 rings (SSSR count). The molecule has 2 aromatic carbocycles. The summed E-state index contributed by atoms with van der Waals surface area (Å²) in [6, 6.07) is 14.8. The fourth-order valence-electron chi connectivity index (χ4n) is 3.31. The molecule has 0 radical (unpaired) electrons. The molecule has 126 valence electrons. The van der Waals surface area contributed by atoms with Crippen LogP contribution in [0.25, 0.3) is 11.0 Å². The predicted molar refractivity (Wildman–Crippen MR) is 94.8 cm³/mol. The molecule has 5 heteroatoms. The highest BCUT2D eigenvalue weighted by Crippen LogP contribution is 2.29. The Labute approximate surface area is 144 Å². The van der Waals surface area contributed by atoms with E-state index in [9.17, 15) is 10.0 Å². The second-order valence-corrected chi connectivity index (χ2v) is 6.06. The Morgan fingerprint density at radius 3 is 2.72 bits per heavy atom. The van der Waals surface area contributed by atoms with E-state index in [4.69, 9.17) is 9.15 Å². The van der Waals surface area contributed by atoms with Crippen LogP contribution in [0.15, 0.2) is 62.9 Å². The molecule has 0 atom stereocenters. The third kappa shape index (κ3) is 2.89. The Hall–Kier alpha value is -3.08. The third-order valence-corrected chi connectivity index (χ3v) is 4.55. The first-order valence-electron chi connectivity index (χ1n) is 8.24. The highest BCUT2D eigenvalue weighted by molar-refractivity contribution is 6.01. The van der Waals surface area contributed by atoms with Crippen LogP contribution in [0.3, 0.4) is 0 Å². The van der Waals surface area contributed by atoms with E-state index in [0.29, 0.717) is 17.0 Å². The van der Waals surface area contributed by atoms with Crippen LogP contribution in [0, 0.1) is 0 Å². The number of benzene rings is 2. The summed E-state index contributed by atoms with van der Waals surface area (Å²) in [4.78, 5) is 12.1. The van der Waals surface area contributed by atoms with Gasteiger partial charge in [0, 0.05) is 22.6 Å². The van der Waals surface area contributed by atoms with Crippen molar-refractivity contribution in [2.24, 2.45) is 5.16 Å². The van der Waals surface area contributed by atoms with Crippen molar-refractivity contribution in [1.29, 1.82) is 0 Å². The molecule has 0 amide bonds. The Morgan fingerprint density at radius 1 is 1.12 bits per heavy atom. The van der Waals surface area contributed by atoms with Crippen LogP contribution >= 0.6 is 0 Å². The maximum absolute atomic E-state index is 12.1. The van der Waals surface area contributed by atoms with Crippen LogP contribution < -0.4 is 10.4 Å². The molecule has 25 heavy (non-hydrogen) atoms. The quantitative estimate of drug-likeness (QED) is 0.343. The van der Waals surface area contributed by atoms with E-state index >= 15 is 0 Å². The molecule has 1 aromatic heterocycles. The molecule has 3 aromatic rings. The molecular weight excluding hydrogens is 318 g/mol. The normalized spacial score (nSPS) is 13.8. The number of aryl methyl sites for hydroxylation is 1. The minimum Gasteiger partial charge on any atom is -0.487 e. The first-order valence-corrected chi connectivity index (χ1v) is 8.24. The molecule has 1 heterocycles. The zero-order valence-electron chi connectivity index (χ0n) is 13.6. The standard InChI is InChI=1S/C20H17NO4/c22-20-17-8-4-7-15(17)16-10-9-14(11-19(16)25-20)24-12-18(21-23)13-5-2-1-3-6-13/h1-3,5-6,9-11,23H,4,7-8,12H2. The van der Waals surface area contributed by atoms with Crippen molar-refractivity contribution in [3.8, 4) is 5.75 Å². The third-order valence-electron chi connectivity index (χ3n) is 4.55. The van der Waals surface area contributed by atoms with E-state index < -0.39 is 0 Å². The number of fused-ring (bicyclic) bond motifs is 3. The van der Waals surface area contributed by atoms with Gasteiger partial charge in [-0.2, -0.15) is 0 Å². The number of nitrogens with zero attached hydrogens (tertiary/aromatic N) is 1. The van der Waals surface area contributed by atoms with E-state index in [-0.39, 0.29) is 12.2 Å². The van der Waals surface area contributed by atoms with Gasteiger partial charge in [0.1, 0.15) is 23.7 Å². The summed E-state index contributed by atoms with van der Waals surface area (Å²) in [5, 5.41) is 13.5. The van der Waals surface area contributed by atoms with Crippen molar-refractivity contribution in [2.75, 3.05) is 6.61 Å². The molecule has 0 bridgehead atoms. The molecule has 1 aliphatic rings. The molecule has 0 spiro atoms. The molecule has 0 fully saturated rings. The number of hydrogen-bond acceptors (Lipinski definition) is 5. The van der Waals surface area contributed by atoms with Crippen molar-refractivity contribution in [2.45, 2.75) is 19.3 Å². The number of oxime groups is 1. The van der Waals surface area contributed by atoms with Crippen molar-refractivity contribution in [3.05, 3.63) is 75.6 Å². The average Bonchev–Trinajstić information content (AvgIpc) is 3.14. The maximum atomic E-state index is 12.1. The molecule has 0 aliphatic heterocycles. The Bertz CT molecular complexity index is 1010. The minimum absolute atomic E-state index is 0.112. The summed E-state index contributed by atoms with van der Waals surface area (Å²) in [5.74, 6) is 0.561. The van der Waals surface area contributed by atoms with Crippen molar-refractivity contribution >= 4 is 16.7 Å². The first-order chi connectivity index (χ1) is 12.3. The smallest absolute Gasteiger partial charge is 0.339 e. The van der Waals surface area contributed by atoms with Gasteiger partial charge < -0.3 is 14.4 Å². The fraction of sp³-hybridized carbons (Fsp3) is 0.200. The lowest BCUT2D eigenvalue weighted by Crippen LogP contribution is -2.13. The summed E-state index contributed by atoms with van der Waals surface area (Å²) < 4.78 is 11.2. The molecule has 5 nitrogen and oxygen atoms in total. The van der Waals surface area contributed by atoms with Crippen LogP contribution in [0.5, 0.6) is 5.75 Å². The number of rotatable bonds is 4. The lowest BCUT2D eigenvalue weighted by atomic mass is 10.1. The van der Waals surface area contributed by atoms with E-state index in [1.165, 1.54) is 0 Å². The van der Waals surface area contributed by atoms with Gasteiger partial charge in [-0.25, -0.2) is 4.79 Å². The Kier molecular flexibility index (Phi) is 3.98. The van der Waals surface area contributed by atoms with Gasteiger partial charge in [-0.05, 0) is 37.0 Å². The van der Waals surface area contributed by atoms with Crippen molar-refractivity contribution in [3.63, 3.8) is 0 Å². The summed E-state index contributed by atoms with van der Waals surface area (Å²) in [5.41, 5.74) is 3.40. The van der Waals surface area contributed by atoms with Gasteiger partial charge in [0.25, 0.3) is 0 Å². The summed E-state index contributed by atoms with van der Waals surface area (Å²) in [7, 11) is 0. The average molecular weight is 335 g/mol. The van der Waals surface area contributed by atoms with E-state index in [2.05, 4.69) is 5.16 Å². The van der Waals surface area contributed by atoms with Gasteiger partial charge in [0.2, 0.25) is 0 Å². The molecule has 0 saturated heterocycles. The van der Waals surface area contributed by atoms with Crippen LogP contribution in [0.1, 0.15) is 23.1 Å². The summed E-state index contributed by atoms with van der Waals surface area (Å²) in [6.07, 6.45) is 2.69. The van der Waals surface area contributed by atoms with Gasteiger partial charge in [0.15, 0.2) is 0 Å². The van der Waals surface area contributed by atoms with E-state index in [1.807, 2.05) is 42.5 Å². The van der Waals surface area contributed by atoms with Gasteiger partial charge in [0.05, 0.1) is 0 Å². The van der Waals surface area contributed by atoms with E-state index in [0.717, 1.165) is 41.3 Å². The fourth-order valence-corrected chi connectivity index (χ4v) is 3.31. The van der Waals surface area contributed by atoms with Crippen LogP contribution in [0.4, 0.5) is 0 Å². The molecular formula is C20H17NO4. The maximum Gasteiger partial charge on any atom is 0.339 e. The van der Waals surface area contributed by atoms with Crippen LogP contribution in [0.2, 0.25) is 0 Å². The van der Waals surface area contributed by atoms with Gasteiger partial charge in [-0.15, -0.1) is 0 Å². The zero-order chi connectivity index (χ0) is 17.2. The van der Waals surface area contributed by atoms with E-state index in [1.54, 1.807) is 6.07 Å². The second kappa shape index (κ2) is 6.43.